The first-order valence-corrected chi connectivity index (χ1v) is 7.74. The smallest absolute Gasteiger partial charge is 0.339 e. The summed E-state index contributed by atoms with van der Waals surface area (Å²) in [4.78, 5) is 15.9. The number of aryl methyl sites for hydroxylation is 2. The molecule has 108 valence electrons. The van der Waals surface area contributed by atoms with Gasteiger partial charge in [0.1, 0.15) is 11.4 Å². The third-order valence-electron chi connectivity index (χ3n) is 4.60. The van der Waals surface area contributed by atoms with Gasteiger partial charge in [0.2, 0.25) is 0 Å². The maximum Gasteiger partial charge on any atom is 0.339 e. The largest absolute Gasteiger partial charge is 0.478 e. The Kier molecular flexibility index (Phi) is 3.90. The predicted octanol–water partition coefficient (Wildman–Crippen LogP) is 3.26. The maximum absolute atomic E-state index is 11.4. The van der Waals surface area contributed by atoms with Crippen molar-refractivity contribution in [1.82, 2.24) is 4.98 Å². The van der Waals surface area contributed by atoms with Gasteiger partial charge < -0.3 is 10.4 Å². The molecule has 0 aliphatic heterocycles. The number of carboxylic acid groups (broad SMARTS) is 1. The monoisotopic (exact) mass is 274 g/mol. The molecule has 0 radical (unpaired) electrons. The third-order valence-corrected chi connectivity index (χ3v) is 4.60. The molecule has 0 spiro atoms. The first-order chi connectivity index (χ1) is 9.74. The molecule has 2 aliphatic carbocycles. The summed E-state index contributed by atoms with van der Waals surface area (Å²) in [5, 5.41) is 12.6. The number of aromatic nitrogens is 1. The summed E-state index contributed by atoms with van der Waals surface area (Å²) in [5.74, 6) is 0.497. The molecule has 0 bridgehead atoms. The first-order valence-electron chi connectivity index (χ1n) is 7.74. The Morgan fingerprint density at radius 3 is 2.85 bits per heavy atom. The van der Waals surface area contributed by atoms with Crippen molar-refractivity contribution >= 4 is 11.8 Å². The van der Waals surface area contributed by atoms with E-state index < -0.39 is 5.97 Å². The zero-order valence-electron chi connectivity index (χ0n) is 11.8. The molecule has 4 heteroatoms. The van der Waals surface area contributed by atoms with E-state index >= 15 is 0 Å². The SMILES string of the molecule is O=C(O)c1cc2c(nc1NCCC1CCCC1)CCC2. The molecular weight excluding hydrogens is 252 g/mol. The number of nitrogens with zero attached hydrogens (tertiary/aromatic N) is 1. The van der Waals surface area contributed by atoms with Gasteiger partial charge in [-0.05, 0) is 43.2 Å². The fraction of sp³-hybridized carbons (Fsp3) is 0.625. The quantitative estimate of drug-likeness (QED) is 0.865. The number of fused-ring (bicyclic) bond motifs is 1. The van der Waals surface area contributed by atoms with Gasteiger partial charge in [0.05, 0.1) is 0 Å². The fourth-order valence-electron chi connectivity index (χ4n) is 3.46. The Balaban J connectivity index is 1.69. The van der Waals surface area contributed by atoms with Gasteiger partial charge in [-0.2, -0.15) is 0 Å². The number of rotatable bonds is 5. The maximum atomic E-state index is 11.4. The zero-order chi connectivity index (χ0) is 13.9. The third kappa shape index (κ3) is 2.79. The highest BCUT2D eigenvalue weighted by atomic mass is 16.4. The fourth-order valence-corrected chi connectivity index (χ4v) is 3.46. The van der Waals surface area contributed by atoms with Crippen LogP contribution in [0.2, 0.25) is 0 Å². The van der Waals surface area contributed by atoms with Crippen molar-refractivity contribution in [2.75, 3.05) is 11.9 Å². The minimum absolute atomic E-state index is 0.331. The number of carbonyl (C=O) groups is 1. The summed E-state index contributed by atoms with van der Waals surface area (Å²) in [6, 6.07) is 1.82. The van der Waals surface area contributed by atoms with Gasteiger partial charge in [0.15, 0.2) is 0 Å². The van der Waals surface area contributed by atoms with Crippen LogP contribution in [0.1, 0.15) is 60.1 Å². The van der Waals surface area contributed by atoms with Crippen molar-refractivity contribution in [2.45, 2.75) is 51.4 Å². The summed E-state index contributed by atoms with van der Waals surface area (Å²) in [5.41, 5.74) is 2.53. The van der Waals surface area contributed by atoms with Crippen LogP contribution < -0.4 is 5.32 Å². The van der Waals surface area contributed by atoms with Crippen LogP contribution in [0.15, 0.2) is 6.07 Å². The Bertz CT molecular complexity index is 507. The molecule has 0 amide bonds. The van der Waals surface area contributed by atoms with Crippen LogP contribution >= 0.6 is 0 Å². The summed E-state index contributed by atoms with van der Waals surface area (Å²) in [6.07, 6.45) is 9.50. The number of anilines is 1. The second-order valence-electron chi connectivity index (χ2n) is 6.01. The molecule has 1 saturated carbocycles. The Morgan fingerprint density at radius 2 is 2.10 bits per heavy atom. The number of hydrogen-bond acceptors (Lipinski definition) is 3. The van der Waals surface area contributed by atoms with Crippen molar-refractivity contribution in [3.8, 4) is 0 Å². The van der Waals surface area contributed by atoms with Crippen molar-refractivity contribution < 1.29 is 9.90 Å². The van der Waals surface area contributed by atoms with Gasteiger partial charge in [-0.3, -0.25) is 0 Å². The van der Waals surface area contributed by atoms with E-state index in [1.807, 2.05) is 6.07 Å². The molecule has 1 aromatic heterocycles. The molecular formula is C16H22N2O2. The average molecular weight is 274 g/mol. The molecule has 2 aliphatic rings. The standard InChI is InChI=1S/C16H22N2O2/c19-16(20)13-10-12-6-3-7-14(12)18-15(13)17-9-8-11-4-1-2-5-11/h10-11H,1-9H2,(H,17,18)(H,19,20). The average Bonchev–Trinajstić information content (AvgIpc) is 3.07. The number of hydrogen-bond donors (Lipinski definition) is 2. The van der Waals surface area contributed by atoms with Gasteiger partial charge in [0, 0.05) is 12.2 Å². The minimum Gasteiger partial charge on any atom is -0.478 e. The molecule has 0 aromatic carbocycles. The van der Waals surface area contributed by atoms with Crippen molar-refractivity contribution in [3.05, 3.63) is 22.9 Å². The van der Waals surface area contributed by atoms with Crippen LogP contribution in [0.4, 0.5) is 5.82 Å². The van der Waals surface area contributed by atoms with Crippen LogP contribution in [0.3, 0.4) is 0 Å². The molecule has 0 unspecified atom stereocenters. The minimum atomic E-state index is -0.879. The normalized spacial score (nSPS) is 18.2. The van der Waals surface area contributed by atoms with E-state index in [9.17, 15) is 9.90 Å². The molecule has 1 aromatic rings. The van der Waals surface area contributed by atoms with Crippen LogP contribution in [0, 0.1) is 5.92 Å². The molecule has 4 nitrogen and oxygen atoms in total. The molecule has 20 heavy (non-hydrogen) atoms. The first kappa shape index (κ1) is 13.4. The second kappa shape index (κ2) is 5.81. The highest BCUT2D eigenvalue weighted by Crippen LogP contribution is 2.28. The number of nitrogens with one attached hydrogen (secondary N) is 1. The molecule has 2 N–H and O–H groups in total. The Hall–Kier alpha value is -1.58. The van der Waals surface area contributed by atoms with E-state index in [0.717, 1.165) is 49.4 Å². The van der Waals surface area contributed by atoms with E-state index in [1.54, 1.807) is 0 Å². The van der Waals surface area contributed by atoms with Gasteiger partial charge in [-0.25, -0.2) is 9.78 Å². The number of aromatic carboxylic acids is 1. The van der Waals surface area contributed by atoms with E-state index in [4.69, 9.17) is 0 Å². The summed E-state index contributed by atoms with van der Waals surface area (Å²) in [7, 11) is 0. The summed E-state index contributed by atoms with van der Waals surface area (Å²) in [6.45, 7) is 0.830. The lowest BCUT2D eigenvalue weighted by Gasteiger charge is -2.13. The Labute approximate surface area is 119 Å². The van der Waals surface area contributed by atoms with E-state index in [1.165, 1.54) is 25.7 Å². The molecule has 1 fully saturated rings. The lowest BCUT2D eigenvalue weighted by molar-refractivity contribution is 0.0697. The predicted molar refractivity (Wildman–Crippen MR) is 78.3 cm³/mol. The van der Waals surface area contributed by atoms with Gasteiger partial charge >= 0.3 is 5.97 Å². The number of carboxylic acids is 1. The van der Waals surface area contributed by atoms with Crippen molar-refractivity contribution in [2.24, 2.45) is 5.92 Å². The Morgan fingerprint density at radius 1 is 1.30 bits per heavy atom. The topological polar surface area (TPSA) is 62.2 Å². The highest BCUT2D eigenvalue weighted by molar-refractivity contribution is 5.93. The lowest BCUT2D eigenvalue weighted by Crippen LogP contribution is -2.13. The summed E-state index contributed by atoms with van der Waals surface area (Å²) < 4.78 is 0. The van der Waals surface area contributed by atoms with Gasteiger partial charge in [-0.1, -0.05) is 25.7 Å². The second-order valence-corrected chi connectivity index (χ2v) is 6.01. The molecule has 1 heterocycles. The summed E-state index contributed by atoms with van der Waals surface area (Å²) >= 11 is 0. The van der Waals surface area contributed by atoms with Crippen LogP contribution in [0.25, 0.3) is 0 Å². The molecule has 3 rings (SSSR count). The highest BCUT2D eigenvalue weighted by Gasteiger charge is 2.20. The van der Waals surface area contributed by atoms with Crippen LogP contribution in [-0.2, 0) is 12.8 Å². The molecule has 0 atom stereocenters. The van der Waals surface area contributed by atoms with E-state index in [-0.39, 0.29) is 0 Å². The van der Waals surface area contributed by atoms with Crippen molar-refractivity contribution in [1.29, 1.82) is 0 Å². The van der Waals surface area contributed by atoms with E-state index in [2.05, 4.69) is 10.3 Å². The zero-order valence-corrected chi connectivity index (χ0v) is 11.8. The number of pyridine rings is 1. The van der Waals surface area contributed by atoms with Gasteiger partial charge in [-0.15, -0.1) is 0 Å². The van der Waals surface area contributed by atoms with E-state index in [0.29, 0.717) is 11.4 Å². The molecule has 0 saturated heterocycles. The van der Waals surface area contributed by atoms with Crippen molar-refractivity contribution in [3.63, 3.8) is 0 Å². The lowest BCUT2D eigenvalue weighted by atomic mass is 10.0. The van der Waals surface area contributed by atoms with Crippen LogP contribution in [0.5, 0.6) is 0 Å². The van der Waals surface area contributed by atoms with Gasteiger partial charge in [0.25, 0.3) is 0 Å². The van der Waals surface area contributed by atoms with Crippen LogP contribution in [-0.4, -0.2) is 22.6 Å².